The van der Waals surface area contributed by atoms with Crippen molar-refractivity contribution in [2.75, 3.05) is 25.3 Å². The largest absolute Gasteiger partial charge is 0.497 e. The summed E-state index contributed by atoms with van der Waals surface area (Å²) in [5.74, 6) is 0.894. The van der Waals surface area contributed by atoms with Crippen LogP contribution in [0.2, 0.25) is 0 Å². The fourth-order valence-electron chi connectivity index (χ4n) is 1.59. The Morgan fingerprint density at radius 3 is 2.75 bits per heavy atom. The van der Waals surface area contributed by atoms with Crippen molar-refractivity contribution in [3.63, 3.8) is 0 Å². The Labute approximate surface area is 114 Å². The fraction of sp³-hybridized carbons (Fsp3) is 0.250. The van der Waals surface area contributed by atoms with Gasteiger partial charge in [0.05, 0.1) is 26.3 Å². The van der Waals surface area contributed by atoms with Crippen LogP contribution in [0.4, 0.5) is 11.5 Å². The van der Waals surface area contributed by atoms with Crippen LogP contribution in [0.1, 0.15) is 5.69 Å². The van der Waals surface area contributed by atoms with E-state index in [1.807, 2.05) is 0 Å². The van der Waals surface area contributed by atoms with Crippen molar-refractivity contribution >= 4 is 17.4 Å². The lowest BCUT2D eigenvalue weighted by molar-refractivity contribution is -0.115. The third-order valence-corrected chi connectivity index (χ3v) is 2.59. The Bertz CT molecular complexity index is 611. The summed E-state index contributed by atoms with van der Waals surface area (Å²) < 4.78 is 14.7. The molecule has 0 unspecified atom stereocenters. The summed E-state index contributed by atoms with van der Waals surface area (Å²) in [6.45, 7) is 0. The van der Waals surface area contributed by atoms with Crippen LogP contribution in [0.5, 0.6) is 11.5 Å². The highest BCUT2D eigenvalue weighted by molar-refractivity contribution is 5.94. The maximum absolute atomic E-state index is 11.9. The number of ether oxygens (including phenoxy) is 2. The zero-order valence-corrected chi connectivity index (χ0v) is 11.0. The van der Waals surface area contributed by atoms with Crippen molar-refractivity contribution in [2.24, 2.45) is 0 Å². The van der Waals surface area contributed by atoms with E-state index in [0.717, 1.165) is 0 Å². The molecule has 0 saturated heterocycles. The van der Waals surface area contributed by atoms with Crippen LogP contribution in [0.15, 0.2) is 22.8 Å². The van der Waals surface area contributed by atoms with E-state index in [2.05, 4.69) is 20.3 Å². The number of carbonyl (C=O) groups excluding carboxylic acids is 1. The molecule has 0 radical (unpaired) electrons. The third-order valence-electron chi connectivity index (χ3n) is 2.59. The lowest BCUT2D eigenvalue weighted by Gasteiger charge is -2.11. The number of hydrogen-bond donors (Lipinski definition) is 2. The highest BCUT2D eigenvalue weighted by Gasteiger charge is 2.14. The van der Waals surface area contributed by atoms with Gasteiger partial charge in [-0.3, -0.25) is 4.79 Å². The molecule has 0 aliphatic heterocycles. The van der Waals surface area contributed by atoms with Crippen molar-refractivity contribution < 1.29 is 18.9 Å². The van der Waals surface area contributed by atoms with Crippen molar-refractivity contribution in [2.45, 2.75) is 6.42 Å². The second kappa shape index (κ2) is 5.91. The molecule has 0 fully saturated rings. The SMILES string of the molecule is COc1ccc(OC)c(NC(=O)Cc2nonc2N)c1. The normalized spacial score (nSPS) is 10.1. The molecule has 1 heterocycles. The van der Waals surface area contributed by atoms with Gasteiger partial charge >= 0.3 is 0 Å². The molecule has 2 aromatic rings. The van der Waals surface area contributed by atoms with Crippen LogP contribution in [0, 0.1) is 0 Å². The number of rotatable bonds is 5. The van der Waals surface area contributed by atoms with E-state index in [1.54, 1.807) is 18.2 Å². The van der Waals surface area contributed by atoms with Gasteiger partial charge < -0.3 is 20.5 Å². The van der Waals surface area contributed by atoms with Crippen molar-refractivity contribution in [1.82, 2.24) is 10.3 Å². The molecule has 0 spiro atoms. The summed E-state index contributed by atoms with van der Waals surface area (Å²) >= 11 is 0. The Hall–Kier alpha value is -2.77. The number of nitrogens with one attached hydrogen (secondary N) is 1. The first-order valence-electron chi connectivity index (χ1n) is 5.73. The quantitative estimate of drug-likeness (QED) is 0.833. The summed E-state index contributed by atoms with van der Waals surface area (Å²) in [4.78, 5) is 11.9. The summed E-state index contributed by atoms with van der Waals surface area (Å²) in [5, 5.41) is 9.64. The lowest BCUT2D eigenvalue weighted by atomic mass is 10.2. The standard InChI is InChI=1S/C12H14N4O4/c1-18-7-3-4-10(19-2)8(5-7)14-11(17)6-9-12(13)16-20-15-9/h3-5H,6H2,1-2H3,(H2,13,16)(H,14,17). The number of nitrogens with two attached hydrogens (primary N) is 1. The number of amides is 1. The van der Waals surface area contributed by atoms with Gasteiger partial charge in [0, 0.05) is 6.07 Å². The Morgan fingerprint density at radius 1 is 1.35 bits per heavy atom. The number of carbonyl (C=O) groups is 1. The van der Waals surface area contributed by atoms with Crippen molar-refractivity contribution in [3.8, 4) is 11.5 Å². The van der Waals surface area contributed by atoms with Gasteiger partial charge in [-0.15, -0.1) is 0 Å². The zero-order chi connectivity index (χ0) is 14.5. The molecular weight excluding hydrogens is 264 g/mol. The maximum Gasteiger partial charge on any atom is 0.230 e. The molecule has 8 nitrogen and oxygen atoms in total. The van der Waals surface area contributed by atoms with Crippen LogP contribution >= 0.6 is 0 Å². The smallest absolute Gasteiger partial charge is 0.230 e. The van der Waals surface area contributed by atoms with Crippen LogP contribution < -0.4 is 20.5 Å². The van der Waals surface area contributed by atoms with Crippen molar-refractivity contribution in [3.05, 3.63) is 23.9 Å². The molecule has 0 aliphatic carbocycles. The van der Waals surface area contributed by atoms with Gasteiger partial charge in [-0.2, -0.15) is 0 Å². The van der Waals surface area contributed by atoms with Crippen LogP contribution in [0.25, 0.3) is 0 Å². The number of aromatic nitrogens is 2. The predicted octanol–water partition coefficient (Wildman–Crippen LogP) is 0.850. The first-order chi connectivity index (χ1) is 9.63. The van der Waals surface area contributed by atoms with Crippen LogP contribution in [0.3, 0.4) is 0 Å². The minimum atomic E-state index is -0.320. The highest BCUT2D eigenvalue weighted by atomic mass is 16.6. The minimum absolute atomic E-state index is 0.0459. The van der Waals surface area contributed by atoms with Gasteiger partial charge in [0.15, 0.2) is 5.82 Å². The average Bonchev–Trinajstić information content (AvgIpc) is 2.84. The van der Waals surface area contributed by atoms with E-state index >= 15 is 0 Å². The van der Waals surface area contributed by atoms with E-state index in [9.17, 15) is 4.79 Å². The second-order valence-corrected chi connectivity index (χ2v) is 3.89. The zero-order valence-electron chi connectivity index (χ0n) is 11.0. The molecule has 0 aliphatic rings. The minimum Gasteiger partial charge on any atom is -0.497 e. The number of nitrogen functional groups attached to an aromatic ring is 1. The van der Waals surface area contributed by atoms with E-state index < -0.39 is 0 Å². The number of nitrogens with zero attached hydrogens (tertiary/aromatic N) is 2. The van der Waals surface area contributed by atoms with Crippen LogP contribution in [-0.4, -0.2) is 30.4 Å². The molecular formula is C12H14N4O4. The average molecular weight is 278 g/mol. The lowest BCUT2D eigenvalue weighted by Crippen LogP contribution is -2.16. The maximum atomic E-state index is 11.9. The van der Waals surface area contributed by atoms with Gasteiger partial charge in [0.2, 0.25) is 5.91 Å². The summed E-state index contributed by atoms with van der Waals surface area (Å²) in [7, 11) is 3.05. The molecule has 1 aromatic heterocycles. The highest BCUT2D eigenvalue weighted by Crippen LogP contribution is 2.28. The molecule has 0 saturated carbocycles. The molecule has 3 N–H and O–H groups in total. The molecule has 1 aromatic carbocycles. The van der Waals surface area contributed by atoms with E-state index in [1.165, 1.54) is 14.2 Å². The summed E-state index contributed by atoms with van der Waals surface area (Å²) in [5.41, 5.74) is 6.27. The van der Waals surface area contributed by atoms with Gasteiger partial charge in [0.1, 0.15) is 17.2 Å². The van der Waals surface area contributed by atoms with Crippen molar-refractivity contribution in [1.29, 1.82) is 0 Å². The first kappa shape index (κ1) is 13.7. The molecule has 2 rings (SSSR count). The van der Waals surface area contributed by atoms with E-state index in [4.69, 9.17) is 15.2 Å². The Morgan fingerprint density at radius 2 is 2.15 bits per heavy atom. The van der Waals surface area contributed by atoms with Gasteiger partial charge in [-0.1, -0.05) is 5.16 Å². The molecule has 0 atom stereocenters. The number of benzene rings is 1. The molecule has 8 heteroatoms. The summed E-state index contributed by atoms with van der Waals surface area (Å²) in [6, 6.07) is 5.08. The van der Waals surface area contributed by atoms with Crippen LogP contribution in [-0.2, 0) is 11.2 Å². The fourth-order valence-corrected chi connectivity index (χ4v) is 1.59. The number of anilines is 2. The number of hydrogen-bond acceptors (Lipinski definition) is 7. The summed E-state index contributed by atoms with van der Waals surface area (Å²) in [6.07, 6.45) is -0.0459. The molecule has 20 heavy (non-hydrogen) atoms. The molecule has 1 amide bonds. The topological polar surface area (TPSA) is 112 Å². The van der Waals surface area contributed by atoms with Gasteiger partial charge in [-0.25, -0.2) is 4.63 Å². The molecule has 106 valence electrons. The van der Waals surface area contributed by atoms with E-state index in [-0.39, 0.29) is 23.8 Å². The molecule has 0 bridgehead atoms. The predicted molar refractivity (Wildman–Crippen MR) is 70.6 cm³/mol. The first-order valence-corrected chi connectivity index (χ1v) is 5.73. The second-order valence-electron chi connectivity index (χ2n) is 3.89. The monoisotopic (exact) mass is 278 g/mol. The van der Waals surface area contributed by atoms with Gasteiger partial charge in [0.25, 0.3) is 0 Å². The van der Waals surface area contributed by atoms with Gasteiger partial charge in [-0.05, 0) is 17.3 Å². The third kappa shape index (κ3) is 2.97. The number of methoxy groups -OCH3 is 2. The Balaban J connectivity index is 2.12. The Kier molecular flexibility index (Phi) is 4.04. The van der Waals surface area contributed by atoms with E-state index in [0.29, 0.717) is 17.2 Å².